The van der Waals surface area contributed by atoms with Crippen molar-refractivity contribution in [3.05, 3.63) is 26.3 Å². The van der Waals surface area contributed by atoms with E-state index in [1.807, 2.05) is 4.90 Å². The molecule has 1 saturated carbocycles. The Bertz CT molecular complexity index is 666. The van der Waals surface area contributed by atoms with Crippen molar-refractivity contribution >= 4 is 33.4 Å². The molecule has 8 heteroatoms. The van der Waals surface area contributed by atoms with E-state index in [0.29, 0.717) is 35.4 Å². The standard InChI is InChI=1S/C14H16BrN3O4/c1-8-10(18(21)22)5-16-12(11(8)15)17-6-9-3-2-4-14(9,7-17)13(19)20/h5,9H,2-4,6-7H2,1H3,(H,19,20)/t9-,14+/m0/s1. The summed E-state index contributed by atoms with van der Waals surface area (Å²) in [5.41, 5.74) is -0.226. The van der Waals surface area contributed by atoms with Crippen LogP contribution < -0.4 is 4.90 Å². The molecule has 1 saturated heterocycles. The summed E-state index contributed by atoms with van der Waals surface area (Å²) in [6.07, 6.45) is 3.79. The molecule has 0 unspecified atom stereocenters. The summed E-state index contributed by atoms with van der Waals surface area (Å²) in [6, 6.07) is 0. The van der Waals surface area contributed by atoms with Crippen molar-refractivity contribution < 1.29 is 14.8 Å². The lowest BCUT2D eigenvalue weighted by Crippen LogP contribution is -2.35. The van der Waals surface area contributed by atoms with Gasteiger partial charge in [0.2, 0.25) is 0 Å². The lowest BCUT2D eigenvalue weighted by Gasteiger charge is -2.24. The van der Waals surface area contributed by atoms with Gasteiger partial charge in [-0.15, -0.1) is 0 Å². The highest BCUT2D eigenvalue weighted by atomic mass is 79.9. The molecule has 0 bridgehead atoms. The maximum Gasteiger partial charge on any atom is 0.311 e. The molecule has 1 aromatic rings. The minimum absolute atomic E-state index is 0.0389. The van der Waals surface area contributed by atoms with Gasteiger partial charge in [-0.3, -0.25) is 14.9 Å². The number of aliphatic carboxylic acids is 1. The van der Waals surface area contributed by atoms with E-state index < -0.39 is 16.3 Å². The molecular weight excluding hydrogens is 354 g/mol. The first-order chi connectivity index (χ1) is 10.4. The van der Waals surface area contributed by atoms with E-state index in [-0.39, 0.29) is 11.6 Å². The third-order valence-corrected chi connectivity index (χ3v) is 5.96. The Labute approximate surface area is 135 Å². The number of halogens is 1. The molecule has 2 heterocycles. The second-order valence-electron chi connectivity index (χ2n) is 6.09. The first-order valence-corrected chi connectivity index (χ1v) is 7.94. The lowest BCUT2D eigenvalue weighted by molar-refractivity contribution is -0.385. The highest BCUT2D eigenvalue weighted by Crippen LogP contribution is 2.50. The fourth-order valence-electron chi connectivity index (χ4n) is 3.76. The minimum Gasteiger partial charge on any atom is -0.481 e. The topological polar surface area (TPSA) is 96.6 Å². The van der Waals surface area contributed by atoms with Crippen LogP contribution >= 0.6 is 15.9 Å². The molecule has 1 N–H and O–H groups in total. The minimum atomic E-state index is -0.743. The van der Waals surface area contributed by atoms with Gasteiger partial charge < -0.3 is 10.0 Å². The van der Waals surface area contributed by atoms with Crippen molar-refractivity contribution in [3.63, 3.8) is 0 Å². The van der Waals surface area contributed by atoms with Gasteiger partial charge in [0.15, 0.2) is 0 Å². The Kier molecular flexibility index (Phi) is 3.58. The zero-order valence-corrected chi connectivity index (χ0v) is 13.7. The fraction of sp³-hybridized carbons (Fsp3) is 0.571. The zero-order valence-electron chi connectivity index (χ0n) is 12.1. The van der Waals surface area contributed by atoms with E-state index in [0.717, 1.165) is 12.8 Å². The number of carbonyl (C=O) groups is 1. The number of nitrogens with zero attached hydrogens (tertiary/aromatic N) is 3. The van der Waals surface area contributed by atoms with Crippen LogP contribution in [0.5, 0.6) is 0 Å². The van der Waals surface area contributed by atoms with E-state index in [2.05, 4.69) is 20.9 Å². The van der Waals surface area contributed by atoms with Crippen molar-refractivity contribution in [2.75, 3.05) is 18.0 Å². The summed E-state index contributed by atoms with van der Waals surface area (Å²) < 4.78 is 0.571. The maximum absolute atomic E-state index is 11.7. The molecule has 0 radical (unpaired) electrons. The van der Waals surface area contributed by atoms with Crippen molar-refractivity contribution in [2.24, 2.45) is 11.3 Å². The average Bonchev–Trinajstić information content (AvgIpc) is 2.99. The molecule has 2 aliphatic rings. The molecule has 2 atom stereocenters. The SMILES string of the molecule is Cc1c([N+](=O)[O-])cnc(N2C[C@@H]3CCC[C@@]3(C(=O)O)C2)c1Br. The average molecular weight is 370 g/mol. The number of carboxylic acid groups (broad SMARTS) is 1. The second kappa shape index (κ2) is 5.19. The van der Waals surface area contributed by atoms with Crippen LogP contribution in [0.1, 0.15) is 24.8 Å². The number of pyridine rings is 1. The van der Waals surface area contributed by atoms with Crippen LogP contribution in [0.2, 0.25) is 0 Å². The largest absolute Gasteiger partial charge is 0.481 e. The molecule has 118 valence electrons. The first kappa shape index (κ1) is 15.2. The number of anilines is 1. The third-order valence-electron chi connectivity index (χ3n) is 5.01. The van der Waals surface area contributed by atoms with Gasteiger partial charge in [0.05, 0.1) is 14.8 Å². The Morgan fingerprint density at radius 1 is 1.64 bits per heavy atom. The molecule has 2 fully saturated rings. The summed E-state index contributed by atoms with van der Waals surface area (Å²) in [5.74, 6) is -0.0282. The van der Waals surface area contributed by atoms with Crippen molar-refractivity contribution in [1.82, 2.24) is 4.98 Å². The number of fused-ring (bicyclic) bond motifs is 1. The predicted molar refractivity (Wildman–Crippen MR) is 83.0 cm³/mol. The number of carboxylic acids is 1. The lowest BCUT2D eigenvalue weighted by atomic mass is 9.81. The van der Waals surface area contributed by atoms with Crippen LogP contribution in [0.4, 0.5) is 11.5 Å². The van der Waals surface area contributed by atoms with Gasteiger partial charge in [0.25, 0.3) is 5.69 Å². The van der Waals surface area contributed by atoms with Crippen LogP contribution in [0, 0.1) is 28.4 Å². The second-order valence-corrected chi connectivity index (χ2v) is 6.89. The maximum atomic E-state index is 11.7. The number of hydrogen-bond donors (Lipinski definition) is 1. The van der Waals surface area contributed by atoms with Gasteiger partial charge in [0.1, 0.15) is 12.0 Å². The predicted octanol–water partition coefficient (Wildman–Crippen LogP) is 2.75. The molecule has 1 aliphatic carbocycles. The Hall–Kier alpha value is -1.70. The molecule has 1 aromatic heterocycles. The molecule has 22 heavy (non-hydrogen) atoms. The third kappa shape index (κ3) is 2.08. The molecular formula is C14H16BrN3O4. The molecule has 0 spiro atoms. The van der Waals surface area contributed by atoms with E-state index in [9.17, 15) is 20.0 Å². The van der Waals surface area contributed by atoms with Crippen LogP contribution in [0.3, 0.4) is 0 Å². The van der Waals surface area contributed by atoms with Gasteiger partial charge in [-0.25, -0.2) is 4.98 Å². The Balaban J connectivity index is 1.96. The first-order valence-electron chi connectivity index (χ1n) is 7.14. The van der Waals surface area contributed by atoms with Crippen molar-refractivity contribution in [1.29, 1.82) is 0 Å². The smallest absolute Gasteiger partial charge is 0.311 e. The molecule has 0 amide bonds. The van der Waals surface area contributed by atoms with Crippen molar-refractivity contribution in [3.8, 4) is 0 Å². The van der Waals surface area contributed by atoms with Crippen LogP contribution in [0.25, 0.3) is 0 Å². The van der Waals surface area contributed by atoms with E-state index in [1.165, 1.54) is 6.20 Å². The summed E-state index contributed by atoms with van der Waals surface area (Å²) in [5, 5.41) is 20.6. The number of aromatic nitrogens is 1. The van der Waals surface area contributed by atoms with Crippen molar-refractivity contribution in [2.45, 2.75) is 26.2 Å². The summed E-state index contributed by atoms with van der Waals surface area (Å²) in [6.45, 7) is 2.71. The van der Waals surface area contributed by atoms with Gasteiger partial charge >= 0.3 is 5.97 Å². The van der Waals surface area contributed by atoms with Gasteiger partial charge in [-0.05, 0) is 41.6 Å². The van der Waals surface area contributed by atoms with Gasteiger partial charge in [-0.1, -0.05) is 6.42 Å². The highest BCUT2D eigenvalue weighted by molar-refractivity contribution is 9.10. The van der Waals surface area contributed by atoms with Gasteiger partial charge in [0, 0.05) is 18.7 Å². The Morgan fingerprint density at radius 2 is 2.36 bits per heavy atom. The van der Waals surface area contributed by atoms with E-state index in [4.69, 9.17) is 0 Å². The Morgan fingerprint density at radius 3 is 2.95 bits per heavy atom. The number of nitro groups is 1. The quantitative estimate of drug-likeness (QED) is 0.649. The number of hydrogen-bond acceptors (Lipinski definition) is 5. The van der Waals surface area contributed by atoms with Crippen LogP contribution in [0.15, 0.2) is 10.7 Å². The zero-order chi connectivity index (χ0) is 16.1. The van der Waals surface area contributed by atoms with Gasteiger partial charge in [-0.2, -0.15) is 0 Å². The molecule has 1 aliphatic heterocycles. The van der Waals surface area contributed by atoms with Crippen LogP contribution in [-0.2, 0) is 4.79 Å². The summed E-state index contributed by atoms with van der Waals surface area (Å²) in [4.78, 5) is 28.4. The highest BCUT2D eigenvalue weighted by Gasteiger charge is 2.55. The van der Waals surface area contributed by atoms with E-state index >= 15 is 0 Å². The van der Waals surface area contributed by atoms with Crippen LogP contribution in [-0.4, -0.2) is 34.1 Å². The molecule has 0 aromatic carbocycles. The molecule has 3 rings (SSSR count). The fourth-order valence-corrected chi connectivity index (χ4v) is 4.32. The summed E-state index contributed by atoms with van der Waals surface area (Å²) in [7, 11) is 0. The monoisotopic (exact) mass is 369 g/mol. The summed E-state index contributed by atoms with van der Waals surface area (Å²) >= 11 is 3.39. The normalized spacial score (nSPS) is 27.0. The van der Waals surface area contributed by atoms with E-state index in [1.54, 1.807) is 6.92 Å². The number of rotatable bonds is 3. The molecule has 7 nitrogen and oxygen atoms in total.